The maximum Gasteiger partial charge on any atom is 0.336 e. The number of hydrogen-bond donors (Lipinski definition) is 2. The molecule has 0 radical (unpaired) electrons. The maximum absolute atomic E-state index is 11.0. The molecule has 5 nitrogen and oxygen atoms in total. The summed E-state index contributed by atoms with van der Waals surface area (Å²) in [5, 5.41) is 15.8. The monoisotopic (exact) mass is 449 g/mol. The Morgan fingerprint density at radius 1 is 1.25 bits per heavy atom. The van der Waals surface area contributed by atoms with Crippen LogP contribution in [0.2, 0.25) is 0 Å². The van der Waals surface area contributed by atoms with Crippen molar-refractivity contribution in [3.8, 4) is 11.3 Å². The minimum absolute atomic E-state index is 0.285. The number of aromatic nitrogens is 1. The normalized spacial score (nSPS) is 10.9. The Balaban J connectivity index is 1.68. The Hall–Kier alpha value is -2.26. The third-order valence-corrected chi connectivity index (χ3v) is 4.81. The average Bonchev–Trinajstić information content (AvgIpc) is 3.04. The van der Waals surface area contributed by atoms with Gasteiger partial charge in [0.15, 0.2) is 0 Å². The first-order chi connectivity index (χ1) is 11.6. The Morgan fingerprint density at radius 3 is 2.75 bits per heavy atom. The molecule has 120 valence electrons. The summed E-state index contributed by atoms with van der Waals surface area (Å²) in [4.78, 5) is 15.5. The summed E-state index contributed by atoms with van der Waals surface area (Å²) in [6.45, 7) is 0. The lowest BCUT2D eigenvalue weighted by Gasteiger charge is -2.00. The molecule has 0 spiro atoms. The van der Waals surface area contributed by atoms with Gasteiger partial charge in [-0.05, 0) is 40.3 Å². The van der Waals surface area contributed by atoms with Crippen molar-refractivity contribution in [1.29, 1.82) is 0 Å². The van der Waals surface area contributed by atoms with Crippen molar-refractivity contribution in [1.82, 2.24) is 4.98 Å². The predicted octanol–water partition coefficient (Wildman–Crippen LogP) is 4.56. The second kappa shape index (κ2) is 7.54. The van der Waals surface area contributed by atoms with Gasteiger partial charge in [0.25, 0.3) is 0 Å². The highest BCUT2D eigenvalue weighted by molar-refractivity contribution is 14.1. The number of halogens is 1. The Morgan fingerprint density at radius 2 is 2.04 bits per heavy atom. The predicted molar refractivity (Wildman–Crippen MR) is 105 cm³/mol. The van der Waals surface area contributed by atoms with E-state index in [1.807, 2.05) is 58.3 Å². The van der Waals surface area contributed by atoms with Crippen LogP contribution in [0.4, 0.5) is 5.13 Å². The van der Waals surface area contributed by atoms with Crippen molar-refractivity contribution in [2.24, 2.45) is 5.10 Å². The van der Waals surface area contributed by atoms with E-state index in [9.17, 15) is 4.79 Å². The van der Waals surface area contributed by atoms with Gasteiger partial charge in [0.05, 0.1) is 17.5 Å². The molecule has 2 aromatic carbocycles. The number of nitrogens with one attached hydrogen (secondary N) is 1. The van der Waals surface area contributed by atoms with Crippen LogP contribution >= 0.6 is 33.9 Å². The lowest BCUT2D eigenvalue weighted by atomic mass is 10.1. The molecule has 24 heavy (non-hydrogen) atoms. The third kappa shape index (κ3) is 3.98. The number of carboxylic acid groups (broad SMARTS) is 1. The number of hydrogen-bond acceptors (Lipinski definition) is 5. The van der Waals surface area contributed by atoms with Crippen LogP contribution in [0.15, 0.2) is 59.0 Å². The maximum atomic E-state index is 11.0. The van der Waals surface area contributed by atoms with Crippen molar-refractivity contribution < 1.29 is 9.90 Å². The van der Waals surface area contributed by atoms with Crippen molar-refractivity contribution in [3.05, 3.63) is 68.6 Å². The van der Waals surface area contributed by atoms with Crippen LogP contribution in [0.25, 0.3) is 11.3 Å². The van der Waals surface area contributed by atoms with Crippen LogP contribution in [0, 0.1) is 3.57 Å². The molecule has 0 unspecified atom stereocenters. The first-order valence-electron chi connectivity index (χ1n) is 6.96. The van der Waals surface area contributed by atoms with Crippen molar-refractivity contribution in [2.75, 3.05) is 5.43 Å². The minimum Gasteiger partial charge on any atom is -0.478 e. The Labute approximate surface area is 156 Å². The van der Waals surface area contributed by atoms with Crippen molar-refractivity contribution in [3.63, 3.8) is 0 Å². The summed E-state index contributed by atoms with van der Waals surface area (Å²) in [5.41, 5.74) is 5.96. The zero-order valence-electron chi connectivity index (χ0n) is 12.3. The number of thiazole rings is 1. The second-order valence-corrected chi connectivity index (χ2v) is 6.84. The molecule has 0 atom stereocenters. The number of carbonyl (C=O) groups is 1. The van der Waals surface area contributed by atoms with Crippen LogP contribution in [0.5, 0.6) is 0 Å². The van der Waals surface area contributed by atoms with Crippen LogP contribution in [-0.4, -0.2) is 22.3 Å². The van der Waals surface area contributed by atoms with E-state index < -0.39 is 5.97 Å². The average molecular weight is 449 g/mol. The van der Waals surface area contributed by atoms with E-state index in [0.29, 0.717) is 8.70 Å². The van der Waals surface area contributed by atoms with E-state index in [-0.39, 0.29) is 5.56 Å². The zero-order chi connectivity index (χ0) is 16.9. The molecule has 1 heterocycles. The first-order valence-corrected chi connectivity index (χ1v) is 8.92. The van der Waals surface area contributed by atoms with Crippen LogP contribution in [-0.2, 0) is 0 Å². The van der Waals surface area contributed by atoms with E-state index in [4.69, 9.17) is 5.11 Å². The smallest absolute Gasteiger partial charge is 0.336 e. The third-order valence-electron chi connectivity index (χ3n) is 3.17. The summed E-state index contributed by atoms with van der Waals surface area (Å²) in [6.07, 6.45) is 1.64. The van der Waals surface area contributed by atoms with Crippen LogP contribution in [0.1, 0.15) is 15.9 Å². The topological polar surface area (TPSA) is 74.6 Å². The lowest BCUT2D eigenvalue weighted by molar-refractivity contribution is 0.0695. The fraction of sp³-hybridized carbons (Fsp3) is 0. The summed E-state index contributed by atoms with van der Waals surface area (Å²) in [7, 11) is 0. The number of nitrogens with zero attached hydrogens (tertiary/aromatic N) is 2. The molecule has 0 saturated carbocycles. The summed E-state index contributed by atoms with van der Waals surface area (Å²) >= 11 is 3.48. The summed E-state index contributed by atoms with van der Waals surface area (Å²) in [6, 6.07) is 15.0. The molecule has 0 fully saturated rings. The van der Waals surface area contributed by atoms with Gasteiger partial charge < -0.3 is 5.11 Å². The zero-order valence-corrected chi connectivity index (χ0v) is 15.3. The van der Waals surface area contributed by atoms with Gasteiger partial charge in [0.2, 0.25) is 5.13 Å². The van der Waals surface area contributed by atoms with E-state index in [2.05, 4.69) is 15.5 Å². The number of hydrazone groups is 1. The standard InChI is InChI=1S/C17H12IN3O2S/c18-14-8-11(6-7-13(14)16(22)23)9-19-21-17-20-15(10-24-17)12-4-2-1-3-5-12/h1-10H,(H,20,21)(H,22,23). The van der Waals surface area contributed by atoms with E-state index in [1.165, 1.54) is 11.3 Å². The van der Waals surface area contributed by atoms with Gasteiger partial charge in [-0.2, -0.15) is 5.10 Å². The molecule has 1 aromatic heterocycles. The van der Waals surface area contributed by atoms with Crippen molar-refractivity contribution >= 4 is 51.2 Å². The molecule has 0 aliphatic carbocycles. The number of rotatable bonds is 5. The fourth-order valence-electron chi connectivity index (χ4n) is 2.01. The van der Waals surface area contributed by atoms with Gasteiger partial charge >= 0.3 is 5.97 Å². The molecule has 0 bridgehead atoms. The molecular formula is C17H12IN3O2S. The number of anilines is 1. The second-order valence-electron chi connectivity index (χ2n) is 4.82. The largest absolute Gasteiger partial charge is 0.478 e. The van der Waals surface area contributed by atoms with Gasteiger partial charge in [0.1, 0.15) is 0 Å². The molecular weight excluding hydrogens is 437 g/mol. The Bertz CT molecular complexity index is 894. The summed E-state index contributed by atoms with van der Waals surface area (Å²) < 4.78 is 0.671. The first kappa shape index (κ1) is 16.6. The van der Waals surface area contributed by atoms with Crippen molar-refractivity contribution in [2.45, 2.75) is 0 Å². The van der Waals surface area contributed by atoms with E-state index in [0.717, 1.165) is 16.8 Å². The molecule has 0 aliphatic heterocycles. The number of benzene rings is 2. The molecule has 3 rings (SSSR count). The number of carboxylic acids is 1. The van der Waals surface area contributed by atoms with Crippen LogP contribution < -0.4 is 5.43 Å². The molecule has 3 aromatic rings. The quantitative estimate of drug-likeness (QED) is 0.340. The van der Waals surface area contributed by atoms with E-state index >= 15 is 0 Å². The lowest BCUT2D eigenvalue weighted by Crippen LogP contribution is -2.00. The Kier molecular flexibility index (Phi) is 5.21. The minimum atomic E-state index is -0.933. The highest BCUT2D eigenvalue weighted by Gasteiger charge is 2.07. The highest BCUT2D eigenvalue weighted by atomic mass is 127. The fourth-order valence-corrected chi connectivity index (χ4v) is 3.45. The van der Waals surface area contributed by atoms with Gasteiger partial charge in [-0.25, -0.2) is 9.78 Å². The van der Waals surface area contributed by atoms with Crippen LogP contribution in [0.3, 0.4) is 0 Å². The highest BCUT2D eigenvalue weighted by Crippen LogP contribution is 2.24. The molecule has 0 amide bonds. The molecule has 7 heteroatoms. The van der Waals surface area contributed by atoms with Gasteiger partial charge in [-0.1, -0.05) is 36.4 Å². The SMILES string of the molecule is O=C(O)c1ccc(C=NNc2nc(-c3ccccc3)cs2)cc1I. The van der Waals surface area contributed by atoms with E-state index in [1.54, 1.807) is 24.4 Å². The number of aromatic carboxylic acids is 1. The molecule has 2 N–H and O–H groups in total. The molecule has 0 aliphatic rings. The molecule has 0 saturated heterocycles. The van der Waals surface area contributed by atoms with Gasteiger partial charge in [0, 0.05) is 14.5 Å². The van der Waals surface area contributed by atoms with Gasteiger partial charge in [-0.3, -0.25) is 5.43 Å². The van der Waals surface area contributed by atoms with Gasteiger partial charge in [-0.15, -0.1) is 11.3 Å². The summed E-state index contributed by atoms with van der Waals surface area (Å²) in [5.74, 6) is -0.933.